The van der Waals surface area contributed by atoms with Gasteiger partial charge in [-0.3, -0.25) is 0 Å². The maximum absolute atomic E-state index is 14.0. The summed E-state index contributed by atoms with van der Waals surface area (Å²) in [5, 5.41) is 1.29. The first-order valence-corrected chi connectivity index (χ1v) is 10.0. The normalized spacial score (nSPS) is 11.9. The van der Waals surface area contributed by atoms with Crippen LogP contribution in [-0.4, -0.2) is 31.9 Å². The third-order valence-electron chi connectivity index (χ3n) is 3.51. The van der Waals surface area contributed by atoms with E-state index in [0.717, 1.165) is 17.5 Å². The highest BCUT2D eigenvalue weighted by Gasteiger charge is 2.23. The topological polar surface area (TPSA) is 81.2 Å². The minimum atomic E-state index is -4.17. The van der Waals surface area contributed by atoms with Gasteiger partial charge in [0.15, 0.2) is 5.82 Å². The minimum Gasteiger partial charge on any atom is -0.481 e. The highest BCUT2D eigenvalue weighted by Crippen LogP contribution is 2.35. The summed E-state index contributed by atoms with van der Waals surface area (Å²) < 4.78 is 71.5. The van der Waals surface area contributed by atoms with Crippen LogP contribution in [0, 0.1) is 5.82 Å². The number of hydrogen-bond donors (Lipinski definition) is 1. The van der Waals surface area contributed by atoms with E-state index in [4.69, 9.17) is 16.3 Å². The minimum absolute atomic E-state index is 0.0353. The van der Waals surface area contributed by atoms with Gasteiger partial charge in [0.1, 0.15) is 4.90 Å². The number of fused-ring (bicyclic) bond motifs is 1. The van der Waals surface area contributed by atoms with Gasteiger partial charge in [-0.05, 0) is 6.07 Å². The molecule has 0 radical (unpaired) electrons. The number of aromatic nitrogens is 2. The van der Waals surface area contributed by atoms with E-state index in [1.807, 2.05) is 0 Å². The highest BCUT2D eigenvalue weighted by molar-refractivity contribution is 7.93. The molecule has 1 aromatic carbocycles. The average molecular weight is 438 g/mol. The van der Waals surface area contributed by atoms with Gasteiger partial charge in [0, 0.05) is 28.9 Å². The zero-order chi connectivity index (χ0) is 19.8. The molecule has 144 valence electrons. The Balaban J connectivity index is 1.97. The van der Waals surface area contributed by atoms with Crippen LogP contribution >= 0.6 is 22.9 Å². The predicted octanol–water partition coefficient (Wildman–Crippen LogP) is 4.10. The Morgan fingerprint density at radius 2 is 2.11 bits per heavy atom. The summed E-state index contributed by atoms with van der Waals surface area (Å²) in [5.41, 5.74) is 0.0353. The highest BCUT2D eigenvalue weighted by atomic mass is 35.5. The first-order chi connectivity index (χ1) is 12.7. The van der Waals surface area contributed by atoms with E-state index in [9.17, 15) is 21.6 Å². The van der Waals surface area contributed by atoms with Gasteiger partial charge >= 0.3 is 0 Å². The fourth-order valence-electron chi connectivity index (χ4n) is 2.32. The molecule has 0 saturated heterocycles. The molecule has 0 aliphatic rings. The molecule has 0 fully saturated rings. The van der Waals surface area contributed by atoms with Crippen LogP contribution in [0.3, 0.4) is 0 Å². The monoisotopic (exact) mass is 437 g/mol. The van der Waals surface area contributed by atoms with Crippen LogP contribution < -0.4 is 9.46 Å². The number of anilines is 1. The molecule has 2 heterocycles. The summed E-state index contributed by atoms with van der Waals surface area (Å²) in [5.74, 6) is -1.25. The first-order valence-electron chi connectivity index (χ1n) is 7.29. The van der Waals surface area contributed by atoms with Crippen molar-refractivity contribution in [3.8, 4) is 5.88 Å². The van der Waals surface area contributed by atoms with Gasteiger partial charge in [-0.1, -0.05) is 17.7 Å². The van der Waals surface area contributed by atoms with Crippen molar-refractivity contribution in [3.05, 3.63) is 40.1 Å². The molecule has 0 saturated carbocycles. The van der Waals surface area contributed by atoms with Crippen LogP contribution in [0.4, 0.5) is 19.1 Å². The molecule has 1 N–H and O–H groups in total. The number of thiophene rings is 1. The quantitative estimate of drug-likeness (QED) is 0.628. The molecule has 0 unspecified atom stereocenters. The smallest absolute Gasteiger partial charge is 0.265 e. The van der Waals surface area contributed by atoms with Crippen LogP contribution in [-0.2, 0) is 16.4 Å². The number of nitrogens with zero attached hydrogens (tertiary/aromatic N) is 2. The molecule has 0 atom stereocenters. The Bertz CT molecular complexity index is 1110. The molecule has 0 spiro atoms. The Morgan fingerprint density at radius 1 is 1.37 bits per heavy atom. The van der Waals surface area contributed by atoms with E-state index in [1.54, 1.807) is 0 Å². The van der Waals surface area contributed by atoms with Gasteiger partial charge in [-0.15, -0.1) is 11.3 Å². The molecule has 0 bridgehead atoms. The molecule has 0 aliphatic heterocycles. The van der Waals surface area contributed by atoms with Gasteiger partial charge in [0.25, 0.3) is 10.0 Å². The number of rotatable bonds is 6. The van der Waals surface area contributed by atoms with E-state index >= 15 is 0 Å². The maximum atomic E-state index is 14.0. The molecule has 0 amide bonds. The summed E-state index contributed by atoms with van der Waals surface area (Å²) >= 11 is 6.59. The van der Waals surface area contributed by atoms with Crippen molar-refractivity contribution < 1.29 is 26.3 Å². The molecule has 0 aliphatic carbocycles. The van der Waals surface area contributed by atoms with Gasteiger partial charge < -0.3 is 4.74 Å². The van der Waals surface area contributed by atoms with Crippen molar-refractivity contribution in [3.63, 3.8) is 0 Å². The largest absolute Gasteiger partial charge is 0.481 e. The Hall–Kier alpha value is -2.11. The number of alkyl halides is 2. The summed E-state index contributed by atoms with van der Waals surface area (Å²) in [6, 6.07) is 2.64. The Kier molecular flexibility index (Phi) is 5.45. The Labute approximate surface area is 161 Å². The lowest BCUT2D eigenvalue weighted by molar-refractivity contribution is 0.147. The van der Waals surface area contributed by atoms with E-state index in [2.05, 4.69) is 14.7 Å². The summed E-state index contributed by atoms with van der Waals surface area (Å²) in [7, 11) is -2.95. The summed E-state index contributed by atoms with van der Waals surface area (Å²) in [6.07, 6.45) is -2.21. The average Bonchev–Trinajstić information content (AvgIpc) is 3.04. The van der Waals surface area contributed by atoms with Gasteiger partial charge in [-0.2, -0.15) is 4.98 Å². The number of nitrogens with one attached hydrogen (secondary N) is 1. The van der Waals surface area contributed by atoms with Gasteiger partial charge in [-0.25, -0.2) is 31.3 Å². The number of halogens is 4. The van der Waals surface area contributed by atoms with Crippen LogP contribution in [0.25, 0.3) is 10.1 Å². The molecule has 2 aromatic heterocycles. The second-order valence-corrected chi connectivity index (χ2v) is 8.20. The van der Waals surface area contributed by atoms with Crippen molar-refractivity contribution in [1.82, 2.24) is 9.97 Å². The molecule has 6 nitrogen and oxygen atoms in total. The summed E-state index contributed by atoms with van der Waals surface area (Å²) in [4.78, 5) is 7.36. The summed E-state index contributed by atoms with van der Waals surface area (Å²) in [6.45, 7) is 0. The number of hydrogen-bond acceptors (Lipinski definition) is 6. The SMILES string of the molecule is COc1nc(NS(=O)(=O)c2csc3c(F)c(Cl)ccc23)ncc1CC(F)F. The van der Waals surface area contributed by atoms with E-state index in [1.165, 1.54) is 24.6 Å². The third-order valence-corrected chi connectivity index (χ3v) is 6.30. The number of benzene rings is 1. The lowest BCUT2D eigenvalue weighted by Crippen LogP contribution is -2.15. The van der Waals surface area contributed by atoms with Crippen LogP contribution in [0.2, 0.25) is 5.02 Å². The van der Waals surface area contributed by atoms with Crippen molar-refractivity contribution in [2.45, 2.75) is 17.7 Å². The lowest BCUT2D eigenvalue weighted by atomic mass is 10.2. The Morgan fingerprint density at radius 3 is 2.78 bits per heavy atom. The predicted molar refractivity (Wildman–Crippen MR) is 95.9 cm³/mol. The third kappa shape index (κ3) is 3.94. The van der Waals surface area contributed by atoms with Crippen LogP contribution in [0.5, 0.6) is 5.88 Å². The van der Waals surface area contributed by atoms with Crippen molar-refractivity contribution >= 4 is 49.0 Å². The second-order valence-electron chi connectivity index (χ2n) is 5.27. The second kappa shape index (κ2) is 7.49. The van der Waals surface area contributed by atoms with Gasteiger partial charge in [0.2, 0.25) is 18.3 Å². The maximum Gasteiger partial charge on any atom is 0.265 e. The number of ether oxygens (including phenoxy) is 1. The van der Waals surface area contributed by atoms with Crippen LogP contribution in [0.1, 0.15) is 5.56 Å². The fourth-order valence-corrected chi connectivity index (χ4v) is 5.03. The number of sulfonamides is 1. The van der Waals surface area contributed by atoms with Crippen LogP contribution in [0.15, 0.2) is 28.6 Å². The van der Waals surface area contributed by atoms with Crippen molar-refractivity contribution in [1.29, 1.82) is 0 Å². The first kappa shape index (κ1) is 19.6. The molecule has 12 heteroatoms. The van der Waals surface area contributed by atoms with Gasteiger partial charge in [0.05, 0.1) is 16.8 Å². The van der Waals surface area contributed by atoms with E-state index in [-0.39, 0.29) is 37.4 Å². The zero-order valence-electron chi connectivity index (χ0n) is 13.5. The van der Waals surface area contributed by atoms with E-state index < -0.39 is 28.7 Å². The zero-order valence-corrected chi connectivity index (χ0v) is 15.9. The van der Waals surface area contributed by atoms with E-state index in [0.29, 0.717) is 0 Å². The lowest BCUT2D eigenvalue weighted by Gasteiger charge is -2.10. The molecule has 27 heavy (non-hydrogen) atoms. The van der Waals surface area contributed by atoms with Crippen molar-refractivity contribution in [2.24, 2.45) is 0 Å². The molecule has 3 rings (SSSR count). The number of methoxy groups -OCH3 is 1. The molecular formula is C15H11ClF3N3O3S2. The standard InChI is InChI=1S/C15H11ClF3N3O3S2/c1-25-14-7(4-11(17)18)5-20-15(21-14)22-27(23,24)10-6-26-13-8(10)2-3-9(16)12(13)19/h2-3,5-6,11H,4H2,1H3,(H,20,21,22). The molecule has 3 aromatic rings. The molecular weight excluding hydrogens is 427 g/mol. The fraction of sp³-hybridized carbons (Fsp3) is 0.200. The van der Waals surface area contributed by atoms with Crippen molar-refractivity contribution in [2.75, 3.05) is 11.8 Å².